The molecule has 1 N–H and O–H groups in total. The molecule has 0 unspecified atom stereocenters. The number of nitrogens with zero attached hydrogens (tertiary/aromatic N) is 1. The van der Waals surface area contributed by atoms with Gasteiger partial charge in [0, 0.05) is 18.0 Å². The first-order chi connectivity index (χ1) is 4.20. The second-order valence-electron chi connectivity index (χ2n) is 1.40. The van der Waals surface area contributed by atoms with Crippen molar-refractivity contribution in [2.45, 2.75) is 0 Å². The molecule has 5 heteroatoms. The van der Waals surface area contributed by atoms with Gasteiger partial charge < -0.3 is 5.32 Å². The third-order valence-electron chi connectivity index (χ3n) is 0.760. The Balaban J connectivity index is 2.70. The summed E-state index contributed by atoms with van der Waals surface area (Å²) in [6.07, 6.45) is 2.96. The maximum absolute atomic E-state index is 5.52. The molecule has 1 rings (SSSR count). The highest BCUT2D eigenvalue weighted by Crippen LogP contribution is 2.18. The van der Waals surface area contributed by atoms with Gasteiger partial charge in [0.15, 0.2) is 0 Å². The van der Waals surface area contributed by atoms with E-state index < -0.39 is 0 Å². The van der Waals surface area contributed by atoms with E-state index in [2.05, 4.69) is 5.32 Å². The fraction of sp³-hybridized carbons (Fsp3) is 0. The Morgan fingerprint density at radius 3 is 2.56 bits per heavy atom. The zero-order chi connectivity index (χ0) is 6.85. The molecule has 0 aromatic heterocycles. The quantitative estimate of drug-likeness (QED) is 0.459. The summed E-state index contributed by atoms with van der Waals surface area (Å²) in [5.41, 5.74) is 0. The van der Waals surface area contributed by atoms with E-state index in [1.807, 2.05) is 0 Å². The summed E-state index contributed by atoms with van der Waals surface area (Å²) in [5, 5.41) is 3.50. The monoisotopic (exact) mass is 184 g/mol. The average molecular weight is 185 g/mol. The van der Waals surface area contributed by atoms with Gasteiger partial charge in [-0.2, -0.15) is 0 Å². The Morgan fingerprint density at radius 2 is 2.11 bits per heavy atom. The Morgan fingerprint density at radius 1 is 1.44 bits per heavy atom. The lowest BCUT2D eigenvalue weighted by Crippen LogP contribution is -2.13. The van der Waals surface area contributed by atoms with Gasteiger partial charge in [0.1, 0.15) is 10.3 Å². The second-order valence-corrected chi connectivity index (χ2v) is 2.56. The Labute approximate surface area is 67.8 Å². The second kappa shape index (κ2) is 2.69. The van der Waals surface area contributed by atoms with Gasteiger partial charge in [-0.05, 0) is 0 Å². The fourth-order valence-electron chi connectivity index (χ4n) is 0.389. The predicted octanol–water partition coefficient (Wildman–Crippen LogP) is 2.12. The summed E-state index contributed by atoms with van der Waals surface area (Å²) in [4.78, 5) is 0. The van der Waals surface area contributed by atoms with Crippen molar-refractivity contribution in [1.29, 1.82) is 0 Å². The number of halogens is 3. The minimum absolute atomic E-state index is 0.390. The van der Waals surface area contributed by atoms with Crippen molar-refractivity contribution >= 4 is 35.0 Å². The smallest absolute Gasteiger partial charge is 0.139 e. The molecule has 0 saturated carbocycles. The van der Waals surface area contributed by atoms with Crippen molar-refractivity contribution in [3.8, 4) is 0 Å². The van der Waals surface area contributed by atoms with Crippen LogP contribution in [0.4, 0.5) is 0 Å². The van der Waals surface area contributed by atoms with Crippen LogP contribution in [0.5, 0.6) is 0 Å². The molecule has 0 aromatic rings. The number of rotatable bonds is 0. The van der Waals surface area contributed by atoms with E-state index in [-0.39, 0.29) is 0 Å². The lowest BCUT2D eigenvalue weighted by Gasteiger charge is -2.14. The van der Waals surface area contributed by atoms with Crippen LogP contribution in [-0.4, -0.2) is 4.42 Å². The number of hydrogen-bond donors (Lipinski definition) is 1. The van der Waals surface area contributed by atoms with E-state index in [0.717, 1.165) is 0 Å². The van der Waals surface area contributed by atoms with Crippen molar-refractivity contribution in [3.63, 3.8) is 0 Å². The fourth-order valence-corrected chi connectivity index (χ4v) is 0.840. The van der Waals surface area contributed by atoms with Crippen molar-refractivity contribution in [2.75, 3.05) is 0 Å². The topological polar surface area (TPSA) is 15.3 Å². The molecule has 0 spiro atoms. The largest absolute Gasteiger partial charge is 0.348 e. The lowest BCUT2D eigenvalue weighted by molar-refractivity contribution is 0.757. The van der Waals surface area contributed by atoms with Crippen LogP contribution in [0.15, 0.2) is 22.7 Å². The summed E-state index contributed by atoms with van der Waals surface area (Å²) in [7, 11) is 0. The van der Waals surface area contributed by atoms with Gasteiger partial charge in [0.2, 0.25) is 0 Å². The van der Waals surface area contributed by atoms with E-state index in [1.54, 1.807) is 0 Å². The lowest BCUT2D eigenvalue weighted by atomic mass is 10.7. The first-order valence-electron chi connectivity index (χ1n) is 2.14. The van der Waals surface area contributed by atoms with E-state index in [0.29, 0.717) is 10.3 Å². The third-order valence-corrected chi connectivity index (χ3v) is 1.62. The molecule has 0 amide bonds. The van der Waals surface area contributed by atoms with Gasteiger partial charge in [-0.3, -0.25) is 0 Å². The molecule has 0 bridgehead atoms. The average Bonchev–Trinajstić information content (AvgIpc) is 1.80. The summed E-state index contributed by atoms with van der Waals surface area (Å²) in [6.45, 7) is 0. The Bertz CT molecular complexity index is 175. The highest BCUT2D eigenvalue weighted by molar-refractivity contribution is 6.35. The molecule has 0 saturated heterocycles. The molecule has 1 heterocycles. The van der Waals surface area contributed by atoms with Crippen LogP contribution in [0.1, 0.15) is 0 Å². The van der Waals surface area contributed by atoms with Crippen molar-refractivity contribution < 1.29 is 0 Å². The van der Waals surface area contributed by atoms with Crippen molar-refractivity contribution in [1.82, 2.24) is 9.74 Å². The van der Waals surface area contributed by atoms with Gasteiger partial charge in [0.25, 0.3) is 0 Å². The van der Waals surface area contributed by atoms with E-state index in [1.165, 1.54) is 16.8 Å². The molecule has 1 aliphatic rings. The third kappa shape index (κ3) is 1.68. The molecule has 0 atom stereocenters. The SMILES string of the molecule is ClC1=CN(Cl)C(Cl)=CN1. The van der Waals surface area contributed by atoms with E-state index in [4.69, 9.17) is 35.0 Å². The van der Waals surface area contributed by atoms with Gasteiger partial charge >= 0.3 is 0 Å². The first kappa shape index (κ1) is 7.06. The van der Waals surface area contributed by atoms with Crippen LogP contribution >= 0.6 is 35.0 Å². The van der Waals surface area contributed by atoms with E-state index >= 15 is 0 Å². The normalized spacial score (nSPS) is 18.3. The highest BCUT2D eigenvalue weighted by atomic mass is 35.5. The standard InChI is InChI=1S/C4H3Cl3N2/c5-3-2-9(7)4(6)1-8-3/h1-2,8H. The highest BCUT2D eigenvalue weighted by Gasteiger charge is 2.06. The molecule has 9 heavy (non-hydrogen) atoms. The zero-order valence-electron chi connectivity index (χ0n) is 4.24. The van der Waals surface area contributed by atoms with Crippen LogP contribution in [0.3, 0.4) is 0 Å². The zero-order valence-corrected chi connectivity index (χ0v) is 6.50. The molecule has 0 radical (unpaired) electrons. The van der Waals surface area contributed by atoms with Crippen LogP contribution < -0.4 is 5.32 Å². The Kier molecular flexibility index (Phi) is 2.11. The first-order valence-corrected chi connectivity index (χ1v) is 3.24. The molecule has 0 aliphatic carbocycles. The Hall–Kier alpha value is -0.0500. The van der Waals surface area contributed by atoms with Crippen molar-refractivity contribution in [2.24, 2.45) is 0 Å². The maximum atomic E-state index is 5.52. The minimum atomic E-state index is 0.390. The van der Waals surface area contributed by atoms with Gasteiger partial charge in [-0.15, -0.1) is 0 Å². The molecule has 1 aliphatic heterocycles. The summed E-state index contributed by atoms with van der Waals surface area (Å²) in [5.74, 6) is 0. The molecule has 50 valence electrons. The maximum Gasteiger partial charge on any atom is 0.139 e. The summed E-state index contributed by atoms with van der Waals surface area (Å²) < 4.78 is 1.19. The summed E-state index contributed by atoms with van der Waals surface area (Å²) >= 11 is 16.5. The number of hydrogen-bond acceptors (Lipinski definition) is 2. The minimum Gasteiger partial charge on any atom is -0.348 e. The molecule has 0 fully saturated rings. The van der Waals surface area contributed by atoms with E-state index in [9.17, 15) is 0 Å². The number of nitrogens with one attached hydrogen (secondary N) is 1. The van der Waals surface area contributed by atoms with Gasteiger partial charge in [-0.25, -0.2) is 4.42 Å². The predicted molar refractivity (Wildman–Crippen MR) is 38.7 cm³/mol. The van der Waals surface area contributed by atoms with Crippen LogP contribution in [-0.2, 0) is 0 Å². The molecule has 2 nitrogen and oxygen atoms in total. The van der Waals surface area contributed by atoms with Crippen LogP contribution in [0, 0.1) is 0 Å². The molecule has 0 aromatic carbocycles. The van der Waals surface area contributed by atoms with Crippen molar-refractivity contribution in [3.05, 3.63) is 22.7 Å². The molecular weight excluding hydrogens is 182 g/mol. The van der Waals surface area contributed by atoms with Crippen LogP contribution in [0.25, 0.3) is 0 Å². The van der Waals surface area contributed by atoms with Gasteiger partial charge in [0.05, 0.1) is 6.20 Å². The van der Waals surface area contributed by atoms with Gasteiger partial charge in [-0.1, -0.05) is 23.2 Å². The summed E-state index contributed by atoms with van der Waals surface area (Å²) in [6, 6.07) is 0. The van der Waals surface area contributed by atoms with Crippen LogP contribution in [0.2, 0.25) is 0 Å². The molecular formula is C4H3Cl3N2.